The maximum absolute atomic E-state index is 9.42. The fourth-order valence-electron chi connectivity index (χ4n) is 4.39. The van der Waals surface area contributed by atoms with Crippen LogP contribution in [-0.2, 0) is 8.85 Å². The smallest absolute Gasteiger partial charge is 0.192 e. The number of hydrogen-bond acceptors (Lipinski definition) is 3. The molecule has 0 radical (unpaired) electrons. The molecule has 0 fully saturated rings. The van der Waals surface area contributed by atoms with Gasteiger partial charge in [0.2, 0.25) is 0 Å². The van der Waals surface area contributed by atoms with E-state index in [0.717, 1.165) is 50.2 Å². The summed E-state index contributed by atoms with van der Waals surface area (Å²) in [5, 5.41) is 9.42. The minimum Gasteiger partial charge on any atom is -0.414 e. The zero-order valence-corrected chi connectivity index (χ0v) is 26.8. The van der Waals surface area contributed by atoms with Gasteiger partial charge in [-0.3, -0.25) is 0 Å². The summed E-state index contributed by atoms with van der Waals surface area (Å²) in [5.74, 6) is 0. The molecule has 1 N–H and O–H groups in total. The molecule has 0 bridgehead atoms. The largest absolute Gasteiger partial charge is 0.414 e. The minimum atomic E-state index is -1.72. The Hall–Kier alpha value is 0.264. The molecule has 0 heterocycles. The van der Waals surface area contributed by atoms with Crippen LogP contribution in [0.3, 0.4) is 0 Å². The predicted octanol–water partition coefficient (Wildman–Crippen LogP) is 9.16. The van der Waals surface area contributed by atoms with Gasteiger partial charge in [0, 0.05) is 6.42 Å². The highest BCUT2D eigenvalue weighted by atomic mass is 127. The van der Waals surface area contributed by atoms with E-state index in [1.165, 1.54) is 18.1 Å². The molecule has 0 aromatic carbocycles. The lowest BCUT2D eigenvalue weighted by atomic mass is 10.1. The van der Waals surface area contributed by atoms with Crippen LogP contribution in [0.2, 0.25) is 36.3 Å². The van der Waals surface area contributed by atoms with Crippen LogP contribution in [0.15, 0.2) is 34.5 Å². The summed E-state index contributed by atoms with van der Waals surface area (Å²) in [6.07, 6.45) is 15.9. The van der Waals surface area contributed by atoms with Crippen molar-refractivity contribution < 1.29 is 14.0 Å². The number of aliphatic hydroxyl groups is 1. The molecule has 0 amide bonds. The van der Waals surface area contributed by atoms with E-state index in [1.54, 1.807) is 0 Å². The van der Waals surface area contributed by atoms with Crippen molar-refractivity contribution in [2.45, 2.75) is 135 Å². The third-order valence-corrected chi connectivity index (χ3v) is 17.1. The van der Waals surface area contributed by atoms with Crippen LogP contribution in [0.4, 0.5) is 0 Å². The zero-order valence-electron chi connectivity index (χ0n) is 22.6. The fourth-order valence-corrected chi connectivity index (χ4v) is 10.4. The Balaban J connectivity index is 5.57. The van der Waals surface area contributed by atoms with E-state index in [2.05, 4.69) is 98.6 Å². The molecule has 3 atom stereocenters. The van der Waals surface area contributed by atoms with E-state index in [0.29, 0.717) is 0 Å². The minimum absolute atomic E-state index is 0.100. The summed E-state index contributed by atoms with van der Waals surface area (Å²) in [5.41, 5.74) is 0. The molecule has 0 saturated heterocycles. The number of hydrogen-bond donors (Lipinski definition) is 1. The second-order valence-corrected chi connectivity index (χ2v) is 19.5. The van der Waals surface area contributed by atoms with Gasteiger partial charge in [0.25, 0.3) is 0 Å². The van der Waals surface area contributed by atoms with E-state index in [4.69, 9.17) is 8.85 Å². The monoisotopic (exact) mass is 608 g/mol. The molecule has 33 heavy (non-hydrogen) atoms. The van der Waals surface area contributed by atoms with Gasteiger partial charge < -0.3 is 14.0 Å². The van der Waals surface area contributed by atoms with Crippen LogP contribution in [-0.4, -0.2) is 40.1 Å². The van der Waals surface area contributed by atoms with Gasteiger partial charge in [0.15, 0.2) is 16.6 Å². The number of allylic oxidation sites excluding steroid dienone is 3. The molecular formula is C27H53IO3Si2. The third-order valence-electron chi connectivity index (χ3n) is 7.23. The van der Waals surface area contributed by atoms with Gasteiger partial charge in [-0.15, -0.1) is 0 Å². The van der Waals surface area contributed by atoms with Gasteiger partial charge in [0.05, 0.1) is 18.3 Å². The first kappa shape index (κ1) is 33.3. The summed E-state index contributed by atoms with van der Waals surface area (Å²) in [7, 11) is -3.41. The molecule has 0 aromatic rings. The maximum atomic E-state index is 9.42. The molecule has 194 valence electrons. The lowest BCUT2D eigenvalue weighted by molar-refractivity contribution is 0.120. The number of halogens is 1. The SMILES string of the molecule is CC[Si](CC)(CC)O[C@@H](C/C=C\I)C[C@H](/C=C/C=C/CCC[C@H](C)O)O[Si](CC)(CC)CC. The van der Waals surface area contributed by atoms with Gasteiger partial charge in [-0.25, -0.2) is 0 Å². The molecule has 6 heteroatoms. The Bertz CT molecular complexity index is 539. The molecule has 0 saturated carbocycles. The Morgan fingerprint density at radius 2 is 1.36 bits per heavy atom. The summed E-state index contributed by atoms with van der Waals surface area (Å²) >= 11 is 2.31. The first-order chi connectivity index (χ1) is 15.8. The van der Waals surface area contributed by atoms with Gasteiger partial charge in [-0.1, -0.05) is 94.5 Å². The van der Waals surface area contributed by atoms with Crippen molar-refractivity contribution in [2.24, 2.45) is 0 Å². The second kappa shape index (κ2) is 19.5. The van der Waals surface area contributed by atoms with Crippen molar-refractivity contribution in [1.82, 2.24) is 0 Å². The molecular weight excluding hydrogens is 555 g/mol. The van der Waals surface area contributed by atoms with E-state index in [-0.39, 0.29) is 18.3 Å². The second-order valence-electron chi connectivity index (χ2n) is 9.31. The first-order valence-electron chi connectivity index (χ1n) is 13.4. The highest BCUT2D eigenvalue weighted by Crippen LogP contribution is 2.30. The molecule has 0 aliphatic carbocycles. The summed E-state index contributed by atoms with van der Waals surface area (Å²) in [6, 6.07) is 7.03. The Morgan fingerprint density at radius 1 is 0.818 bits per heavy atom. The van der Waals surface area contributed by atoms with Gasteiger partial charge in [-0.05, 0) is 73.0 Å². The van der Waals surface area contributed by atoms with Crippen LogP contribution < -0.4 is 0 Å². The maximum Gasteiger partial charge on any atom is 0.192 e. The van der Waals surface area contributed by atoms with Crippen molar-refractivity contribution in [3.8, 4) is 0 Å². The summed E-state index contributed by atoms with van der Waals surface area (Å²) in [6.45, 7) is 15.7. The van der Waals surface area contributed by atoms with Crippen LogP contribution in [0, 0.1) is 0 Å². The van der Waals surface area contributed by atoms with Gasteiger partial charge >= 0.3 is 0 Å². The predicted molar refractivity (Wildman–Crippen MR) is 160 cm³/mol. The molecule has 3 nitrogen and oxygen atoms in total. The van der Waals surface area contributed by atoms with Crippen LogP contribution in [0.5, 0.6) is 0 Å². The van der Waals surface area contributed by atoms with Crippen LogP contribution in [0.1, 0.15) is 80.6 Å². The topological polar surface area (TPSA) is 38.7 Å². The van der Waals surface area contributed by atoms with E-state index >= 15 is 0 Å². The van der Waals surface area contributed by atoms with E-state index in [9.17, 15) is 5.11 Å². The molecule has 0 aromatic heterocycles. The zero-order chi connectivity index (χ0) is 25.2. The van der Waals surface area contributed by atoms with E-state index < -0.39 is 16.6 Å². The summed E-state index contributed by atoms with van der Waals surface area (Å²) in [4.78, 5) is 0. The number of unbranched alkanes of at least 4 members (excludes halogenated alkanes) is 1. The summed E-state index contributed by atoms with van der Waals surface area (Å²) < 4.78 is 16.0. The molecule has 0 unspecified atom stereocenters. The third kappa shape index (κ3) is 13.8. The normalized spacial score (nSPS) is 16.3. The van der Waals surface area contributed by atoms with Gasteiger partial charge in [-0.2, -0.15) is 0 Å². The van der Waals surface area contributed by atoms with E-state index in [1.807, 2.05) is 6.92 Å². The van der Waals surface area contributed by atoms with Crippen molar-refractivity contribution in [3.63, 3.8) is 0 Å². The lowest BCUT2D eigenvalue weighted by Gasteiger charge is -2.37. The first-order valence-corrected chi connectivity index (χ1v) is 19.7. The number of aliphatic hydroxyl groups excluding tert-OH is 1. The lowest BCUT2D eigenvalue weighted by Crippen LogP contribution is -2.43. The standard InChI is InChI=1S/C27H53IO3Si2/c1-8-32(9-2,10-3)30-26(21-18-16-14-15-17-20-25(7)29)24-27(22-19-23-28)31-33(11-4,12-5)13-6/h14,16,18-19,21,23,25-27,29H,8-13,15,17,20,22,24H2,1-7H3/b16-14+,21-18+,23-19-/t25-,26-,27-/m0/s1. The average molecular weight is 609 g/mol. The van der Waals surface area contributed by atoms with Crippen molar-refractivity contribution in [3.05, 3.63) is 34.5 Å². The van der Waals surface area contributed by atoms with Gasteiger partial charge in [0.1, 0.15) is 0 Å². The van der Waals surface area contributed by atoms with Crippen molar-refractivity contribution >= 4 is 39.2 Å². The molecule has 0 aliphatic rings. The van der Waals surface area contributed by atoms with Crippen LogP contribution in [0.25, 0.3) is 0 Å². The highest BCUT2D eigenvalue weighted by molar-refractivity contribution is 14.1. The van der Waals surface area contributed by atoms with Crippen molar-refractivity contribution in [2.75, 3.05) is 0 Å². The highest BCUT2D eigenvalue weighted by Gasteiger charge is 2.35. The average Bonchev–Trinajstić information content (AvgIpc) is 2.83. The molecule has 0 spiro atoms. The Morgan fingerprint density at radius 3 is 1.85 bits per heavy atom. The Kier molecular flexibility index (Phi) is 19.6. The van der Waals surface area contributed by atoms with Crippen molar-refractivity contribution in [1.29, 1.82) is 0 Å². The molecule has 0 aliphatic heterocycles. The fraction of sp³-hybridized carbons (Fsp3) is 0.778. The van der Waals surface area contributed by atoms with Crippen LogP contribution >= 0.6 is 22.6 Å². The number of rotatable bonds is 20. The molecule has 0 rings (SSSR count). The Labute approximate surface area is 221 Å². The quantitative estimate of drug-likeness (QED) is 0.0648.